The topological polar surface area (TPSA) is 139 Å². The van der Waals surface area contributed by atoms with Crippen LogP contribution in [0, 0.1) is 0 Å². The summed E-state index contributed by atoms with van der Waals surface area (Å²) in [5.41, 5.74) is -0.00870. The smallest absolute Gasteiger partial charge is 0.419 e. The van der Waals surface area contributed by atoms with Crippen molar-refractivity contribution in [3.8, 4) is 0 Å². The number of hydrogen-bond acceptors (Lipinski definition) is 8. The van der Waals surface area contributed by atoms with E-state index in [1.165, 1.54) is 0 Å². The Labute approximate surface area is 253 Å². The number of piperidine rings is 1. The van der Waals surface area contributed by atoms with Crippen molar-refractivity contribution >= 4 is 35.8 Å². The average Bonchev–Trinajstić information content (AvgIpc) is 3.13. The third-order valence-electron chi connectivity index (χ3n) is 7.11. The van der Waals surface area contributed by atoms with Crippen LogP contribution >= 0.6 is 0 Å². The number of unbranched alkanes of at least 4 members (excludes halogenated alkanes) is 6. The van der Waals surface area contributed by atoms with Crippen LogP contribution in [0.15, 0.2) is 18.2 Å². The molecule has 0 saturated carbocycles. The molecule has 0 spiro atoms. The highest BCUT2D eigenvalue weighted by Crippen LogP contribution is 2.30. The fourth-order valence-corrected chi connectivity index (χ4v) is 5.15. The van der Waals surface area contributed by atoms with Crippen LogP contribution in [0.3, 0.4) is 0 Å². The van der Waals surface area contributed by atoms with E-state index in [1.807, 2.05) is 6.07 Å². The normalized spacial score (nSPS) is 17.1. The zero-order valence-electron chi connectivity index (χ0n) is 26.2. The largest absolute Gasteiger partial charge is 0.443 e. The van der Waals surface area contributed by atoms with Gasteiger partial charge in [-0.3, -0.25) is 29.4 Å². The van der Waals surface area contributed by atoms with Crippen LogP contribution in [0.25, 0.3) is 0 Å². The van der Waals surface area contributed by atoms with Crippen molar-refractivity contribution in [2.24, 2.45) is 0 Å². The molecule has 0 bridgehead atoms. The second kappa shape index (κ2) is 14.1. The van der Waals surface area contributed by atoms with Gasteiger partial charge in [0, 0.05) is 13.0 Å². The monoisotopic (exact) mass is 599 g/mol. The van der Waals surface area contributed by atoms with Gasteiger partial charge in [0.05, 0.1) is 11.1 Å². The Hall–Kier alpha value is -3.76. The Kier molecular flexibility index (Phi) is 11.1. The molecule has 1 aromatic carbocycles. The number of amides is 6. The van der Waals surface area contributed by atoms with Crippen LogP contribution in [0.1, 0.15) is 126 Å². The van der Waals surface area contributed by atoms with Crippen molar-refractivity contribution in [1.29, 1.82) is 0 Å². The quantitative estimate of drug-likeness (QED) is 0.259. The molecule has 43 heavy (non-hydrogen) atoms. The number of benzene rings is 1. The van der Waals surface area contributed by atoms with E-state index >= 15 is 0 Å². The third-order valence-corrected chi connectivity index (χ3v) is 7.11. The second-order valence-corrected chi connectivity index (χ2v) is 13.1. The summed E-state index contributed by atoms with van der Waals surface area (Å²) in [4.78, 5) is 77.3. The number of fused-ring (bicyclic) bond motifs is 1. The first-order valence-electron chi connectivity index (χ1n) is 15.2. The summed E-state index contributed by atoms with van der Waals surface area (Å²) in [6.45, 7) is 10.7. The predicted octanol–water partition coefficient (Wildman–Crippen LogP) is 5.53. The lowest BCUT2D eigenvalue weighted by atomic mass is 9.97. The molecule has 1 aromatic rings. The molecule has 11 nitrogen and oxygen atoms in total. The summed E-state index contributed by atoms with van der Waals surface area (Å²) in [5.74, 6) is -1.98. The standard InChI is InChI=1S/C32H45N3O8/c1-31(2,3)42-29(40)34(30(41)43-32(4,5)6)20-13-11-9-7-8-10-12-15-21-16-14-17-22-25(21)28(39)35(27(22)38)23-18-19-24(36)33-26(23)37/h14,16-17,23H,7-13,15,18-20H2,1-6H3,(H,33,36,37). The first-order chi connectivity index (χ1) is 20.1. The number of ether oxygens (including phenoxy) is 2. The average molecular weight is 600 g/mol. The molecule has 236 valence electrons. The van der Waals surface area contributed by atoms with E-state index in [9.17, 15) is 28.8 Å². The van der Waals surface area contributed by atoms with Gasteiger partial charge in [-0.15, -0.1) is 0 Å². The second-order valence-electron chi connectivity index (χ2n) is 13.1. The van der Waals surface area contributed by atoms with Gasteiger partial charge in [-0.05, 0) is 78.9 Å². The molecule has 1 atom stereocenters. The first-order valence-corrected chi connectivity index (χ1v) is 15.2. The van der Waals surface area contributed by atoms with E-state index in [1.54, 1.807) is 53.7 Å². The molecule has 0 radical (unpaired) electrons. The molecule has 2 aliphatic heterocycles. The fraction of sp³-hybridized carbons (Fsp3) is 0.625. The Balaban J connectivity index is 1.43. The zero-order chi connectivity index (χ0) is 31.9. The summed E-state index contributed by atoms with van der Waals surface area (Å²) < 4.78 is 10.8. The zero-order valence-corrected chi connectivity index (χ0v) is 26.2. The Bertz CT molecular complexity index is 1220. The number of imide groups is 3. The number of hydrogen-bond donors (Lipinski definition) is 1. The summed E-state index contributed by atoms with van der Waals surface area (Å²) in [5, 5.41) is 2.22. The maximum atomic E-state index is 13.2. The summed E-state index contributed by atoms with van der Waals surface area (Å²) in [6, 6.07) is 4.24. The molecular weight excluding hydrogens is 554 g/mol. The van der Waals surface area contributed by atoms with Gasteiger partial charge in [-0.1, -0.05) is 44.2 Å². The van der Waals surface area contributed by atoms with Crippen molar-refractivity contribution in [3.63, 3.8) is 0 Å². The minimum absolute atomic E-state index is 0.0857. The van der Waals surface area contributed by atoms with E-state index in [0.29, 0.717) is 24.0 Å². The predicted molar refractivity (Wildman–Crippen MR) is 158 cm³/mol. The van der Waals surface area contributed by atoms with E-state index in [-0.39, 0.29) is 19.4 Å². The van der Waals surface area contributed by atoms with Gasteiger partial charge in [0.2, 0.25) is 11.8 Å². The van der Waals surface area contributed by atoms with Crippen LogP contribution < -0.4 is 5.32 Å². The highest BCUT2D eigenvalue weighted by Gasteiger charge is 2.45. The molecule has 2 heterocycles. The highest BCUT2D eigenvalue weighted by molar-refractivity contribution is 6.24. The van der Waals surface area contributed by atoms with Crippen molar-refractivity contribution in [2.75, 3.05) is 6.54 Å². The highest BCUT2D eigenvalue weighted by atomic mass is 16.6. The van der Waals surface area contributed by atoms with Crippen LogP contribution in [-0.4, -0.2) is 69.4 Å². The minimum Gasteiger partial charge on any atom is -0.443 e. The number of rotatable bonds is 11. The van der Waals surface area contributed by atoms with E-state index in [4.69, 9.17) is 9.47 Å². The van der Waals surface area contributed by atoms with Crippen LogP contribution in [0.5, 0.6) is 0 Å². The van der Waals surface area contributed by atoms with Crippen molar-refractivity contribution in [3.05, 3.63) is 34.9 Å². The van der Waals surface area contributed by atoms with Crippen molar-refractivity contribution < 1.29 is 38.2 Å². The van der Waals surface area contributed by atoms with Gasteiger partial charge >= 0.3 is 12.2 Å². The first kappa shape index (κ1) is 33.7. The van der Waals surface area contributed by atoms with Gasteiger partial charge in [0.25, 0.3) is 11.8 Å². The number of carbonyl (C=O) groups excluding carboxylic acids is 6. The molecule has 11 heteroatoms. The van der Waals surface area contributed by atoms with Crippen molar-refractivity contribution in [1.82, 2.24) is 15.1 Å². The van der Waals surface area contributed by atoms with Gasteiger partial charge in [0.15, 0.2) is 0 Å². The van der Waals surface area contributed by atoms with E-state index < -0.39 is 53.1 Å². The van der Waals surface area contributed by atoms with Gasteiger partial charge < -0.3 is 9.47 Å². The lowest BCUT2D eigenvalue weighted by molar-refractivity contribution is -0.136. The SMILES string of the molecule is CC(C)(C)OC(=O)N(CCCCCCCCCc1cccc2c1C(=O)N(C1CCC(=O)NC1=O)C2=O)C(=O)OC(C)(C)C. The van der Waals surface area contributed by atoms with Crippen LogP contribution in [0.4, 0.5) is 9.59 Å². The molecule has 2 aliphatic rings. The third kappa shape index (κ3) is 9.36. The summed E-state index contributed by atoms with van der Waals surface area (Å²) in [7, 11) is 0. The van der Waals surface area contributed by atoms with Gasteiger partial charge in [-0.2, -0.15) is 0 Å². The van der Waals surface area contributed by atoms with Crippen LogP contribution in [-0.2, 0) is 25.5 Å². The maximum Gasteiger partial charge on any atom is 0.419 e. The molecular formula is C32H45N3O8. The van der Waals surface area contributed by atoms with E-state index in [0.717, 1.165) is 53.9 Å². The van der Waals surface area contributed by atoms with E-state index in [2.05, 4.69) is 5.32 Å². The summed E-state index contributed by atoms with van der Waals surface area (Å²) in [6.07, 6.45) is 5.55. The maximum absolute atomic E-state index is 13.2. The lowest BCUT2D eigenvalue weighted by Gasteiger charge is -2.28. The van der Waals surface area contributed by atoms with Crippen LogP contribution in [0.2, 0.25) is 0 Å². The fourth-order valence-electron chi connectivity index (χ4n) is 5.15. The minimum atomic E-state index is -0.974. The molecule has 0 aliphatic carbocycles. The number of aryl methyl sites for hydroxylation is 1. The number of nitrogens with zero attached hydrogens (tertiary/aromatic N) is 2. The molecule has 1 saturated heterocycles. The number of carbonyl (C=O) groups is 6. The molecule has 0 aromatic heterocycles. The Morgan fingerprint density at radius 3 is 1.95 bits per heavy atom. The Morgan fingerprint density at radius 1 is 0.837 bits per heavy atom. The van der Waals surface area contributed by atoms with Crippen molar-refractivity contribution in [2.45, 2.75) is 123 Å². The molecule has 6 amide bonds. The van der Waals surface area contributed by atoms with Gasteiger partial charge in [0.1, 0.15) is 17.2 Å². The lowest BCUT2D eigenvalue weighted by Crippen LogP contribution is -2.54. The van der Waals surface area contributed by atoms with Gasteiger partial charge in [-0.25, -0.2) is 14.5 Å². The Morgan fingerprint density at radius 2 is 1.40 bits per heavy atom. The molecule has 3 rings (SSSR count). The number of nitrogens with one attached hydrogen (secondary N) is 1. The molecule has 1 unspecified atom stereocenters. The molecule has 1 N–H and O–H groups in total. The summed E-state index contributed by atoms with van der Waals surface area (Å²) >= 11 is 0. The molecule has 1 fully saturated rings.